The number of aromatic nitrogens is 2. The van der Waals surface area contributed by atoms with Gasteiger partial charge in [0.05, 0.1) is 5.92 Å². The van der Waals surface area contributed by atoms with Crippen LogP contribution in [-0.2, 0) is 9.53 Å². The van der Waals surface area contributed by atoms with Crippen LogP contribution < -0.4 is 0 Å². The maximum atomic E-state index is 11.2. The summed E-state index contributed by atoms with van der Waals surface area (Å²) in [6.45, 7) is 4.81. The summed E-state index contributed by atoms with van der Waals surface area (Å²) in [4.78, 5) is 15.5. The van der Waals surface area contributed by atoms with Crippen LogP contribution in [0.1, 0.15) is 50.2 Å². The number of carbonyl (C=O) groups is 1. The number of rotatable bonds is 3. The van der Waals surface area contributed by atoms with Crippen molar-refractivity contribution in [2.75, 3.05) is 13.2 Å². The molecule has 0 bridgehead atoms. The Hall–Kier alpha value is -1.23. The maximum absolute atomic E-state index is 11.2. The number of ketones is 1. The predicted octanol–water partition coefficient (Wildman–Crippen LogP) is 1.66. The van der Waals surface area contributed by atoms with Crippen molar-refractivity contribution in [2.45, 2.75) is 38.5 Å². The molecule has 0 aromatic carbocycles. The number of ether oxygens (including phenoxy) is 1. The van der Waals surface area contributed by atoms with Gasteiger partial charge in [-0.3, -0.25) is 4.79 Å². The molecule has 5 heteroatoms. The van der Waals surface area contributed by atoms with Crippen molar-refractivity contribution in [2.24, 2.45) is 0 Å². The summed E-state index contributed by atoms with van der Waals surface area (Å²) in [5.74, 6) is 1.19. The first-order chi connectivity index (χ1) is 7.68. The highest BCUT2D eigenvalue weighted by molar-refractivity contribution is 5.81. The second-order valence-electron chi connectivity index (χ2n) is 4.21. The highest BCUT2D eigenvalue weighted by atomic mass is 16.5. The van der Waals surface area contributed by atoms with E-state index in [0.717, 1.165) is 26.1 Å². The van der Waals surface area contributed by atoms with Gasteiger partial charge in [0.1, 0.15) is 5.78 Å². The monoisotopic (exact) mass is 224 g/mol. The van der Waals surface area contributed by atoms with Crippen LogP contribution in [0.25, 0.3) is 0 Å². The van der Waals surface area contributed by atoms with Crippen molar-refractivity contribution < 1.29 is 14.1 Å². The van der Waals surface area contributed by atoms with E-state index in [1.807, 2.05) is 0 Å². The Morgan fingerprint density at radius 1 is 1.44 bits per heavy atom. The zero-order valence-corrected chi connectivity index (χ0v) is 9.60. The SMILES string of the molecule is CC(=O)C(C)c1nc(C2CCOCC2)no1. The topological polar surface area (TPSA) is 65.2 Å². The molecule has 0 aliphatic carbocycles. The van der Waals surface area contributed by atoms with E-state index in [4.69, 9.17) is 9.26 Å². The quantitative estimate of drug-likeness (QED) is 0.781. The Kier molecular flexibility index (Phi) is 3.33. The van der Waals surface area contributed by atoms with Gasteiger partial charge in [0.25, 0.3) is 0 Å². The molecule has 0 radical (unpaired) electrons. The van der Waals surface area contributed by atoms with E-state index in [1.165, 1.54) is 6.92 Å². The van der Waals surface area contributed by atoms with Crippen molar-refractivity contribution in [3.05, 3.63) is 11.7 Å². The minimum atomic E-state index is -0.305. The molecule has 1 aromatic rings. The van der Waals surface area contributed by atoms with Crippen LogP contribution in [0.2, 0.25) is 0 Å². The lowest BCUT2D eigenvalue weighted by Crippen LogP contribution is -2.15. The summed E-state index contributed by atoms with van der Waals surface area (Å²) in [7, 11) is 0. The highest BCUT2D eigenvalue weighted by Crippen LogP contribution is 2.25. The Labute approximate surface area is 94.2 Å². The van der Waals surface area contributed by atoms with E-state index >= 15 is 0 Å². The molecule has 1 unspecified atom stereocenters. The first-order valence-corrected chi connectivity index (χ1v) is 5.60. The summed E-state index contributed by atoms with van der Waals surface area (Å²) in [5, 5.41) is 3.95. The molecule has 1 aliphatic rings. The first-order valence-electron chi connectivity index (χ1n) is 5.60. The van der Waals surface area contributed by atoms with E-state index in [0.29, 0.717) is 17.6 Å². The summed E-state index contributed by atoms with van der Waals surface area (Å²) in [6, 6.07) is 0. The Morgan fingerprint density at radius 2 is 2.12 bits per heavy atom. The van der Waals surface area contributed by atoms with Gasteiger partial charge in [0.2, 0.25) is 5.89 Å². The molecule has 2 heterocycles. The van der Waals surface area contributed by atoms with Crippen LogP contribution in [0.15, 0.2) is 4.52 Å². The lowest BCUT2D eigenvalue weighted by molar-refractivity contribution is -0.118. The molecule has 1 saturated heterocycles. The standard InChI is InChI=1S/C11H16N2O3/c1-7(8(2)14)11-12-10(13-16-11)9-3-5-15-6-4-9/h7,9H,3-6H2,1-2H3. The molecule has 1 aromatic heterocycles. The Morgan fingerprint density at radius 3 is 2.75 bits per heavy atom. The van der Waals surface area contributed by atoms with Gasteiger partial charge >= 0.3 is 0 Å². The molecule has 1 atom stereocenters. The van der Waals surface area contributed by atoms with Crippen molar-refractivity contribution in [3.8, 4) is 0 Å². The summed E-state index contributed by atoms with van der Waals surface area (Å²) in [6.07, 6.45) is 1.85. The van der Waals surface area contributed by atoms with Gasteiger partial charge in [-0.15, -0.1) is 0 Å². The Bertz CT molecular complexity index is 369. The average Bonchev–Trinajstić information content (AvgIpc) is 2.78. The van der Waals surface area contributed by atoms with Gasteiger partial charge in [-0.2, -0.15) is 4.98 Å². The molecule has 0 spiro atoms. The predicted molar refractivity (Wildman–Crippen MR) is 56.2 cm³/mol. The van der Waals surface area contributed by atoms with Crippen LogP contribution in [0, 0.1) is 0 Å². The molecule has 0 amide bonds. The fraction of sp³-hybridized carbons (Fsp3) is 0.727. The zero-order chi connectivity index (χ0) is 11.5. The van der Waals surface area contributed by atoms with Gasteiger partial charge in [-0.1, -0.05) is 5.16 Å². The van der Waals surface area contributed by atoms with Crippen LogP contribution in [-0.4, -0.2) is 29.1 Å². The lowest BCUT2D eigenvalue weighted by Gasteiger charge is -2.18. The number of hydrogen-bond acceptors (Lipinski definition) is 5. The number of carbonyl (C=O) groups excluding carboxylic acids is 1. The van der Waals surface area contributed by atoms with E-state index in [2.05, 4.69) is 10.1 Å². The summed E-state index contributed by atoms with van der Waals surface area (Å²) < 4.78 is 10.4. The smallest absolute Gasteiger partial charge is 0.236 e. The van der Waals surface area contributed by atoms with Crippen LogP contribution in [0.5, 0.6) is 0 Å². The summed E-state index contributed by atoms with van der Waals surface area (Å²) >= 11 is 0. The van der Waals surface area contributed by atoms with Crippen molar-refractivity contribution in [3.63, 3.8) is 0 Å². The Balaban J connectivity index is 2.09. The van der Waals surface area contributed by atoms with Gasteiger partial charge in [0.15, 0.2) is 5.82 Å². The van der Waals surface area contributed by atoms with Gasteiger partial charge in [-0.05, 0) is 26.7 Å². The average molecular weight is 224 g/mol. The third-order valence-electron chi connectivity index (χ3n) is 3.02. The zero-order valence-electron chi connectivity index (χ0n) is 9.60. The molecule has 2 rings (SSSR count). The second kappa shape index (κ2) is 4.74. The fourth-order valence-electron chi connectivity index (χ4n) is 1.72. The van der Waals surface area contributed by atoms with Crippen molar-refractivity contribution >= 4 is 5.78 Å². The molecule has 1 aliphatic heterocycles. The third kappa shape index (κ3) is 2.29. The van der Waals surface area contributed by atoms with Crippen LogP contribution in [0.3, 0.4) is 0 Å². The molecule has 0 saturated carbocycles. The van der Waals surface area contributed by atoms with Crippen LogP contribution in [0.4, 0.5) is 0 Å². The van der Waals surface area contributed by atoms with E-state index in [1.54, 1.807) is 6.92 Å². The third-order valence-corrected chi connectivity index (χ3v) is 3.02. The molecule has 88 valence electrons. The van der Waals surface area contributed by atoms with Crippen molar-refractivity contribution in [1.29, 1.82) is 0 Å². The first kappa shape index (κ1) is 11.3. The molecule has 0 N–H and O–H groups in total. The van der Waals surface area contributed by atoms with Crippen molar-refractivity contribution in [1.82, 2.24) is 10.1 Å². The second-order valence-corrected chi connectivity index (χ2v) is 4.21. The molecule has 5 nitrogen and oxygen atoms in total. The van der Waals surface area contributed by atoms with E-state index in [9.17, 15) is 4.79 Å². The van der Waals surface area contributed by atoms with Gasteiger partial charge < -0.3 is 9.26 Å². The highest BCUT2D eigenvalue weighted by Gasteiger charge is 2.24. The maximum Gasteiger partial charge on any atom is 0.236 e. The largest absolute Gasteiger partial charge is 0.381 e. The van der Waals surface area contributed by atoms with E-state index < -0.39 is 0 Å². The van der Waals surface area contributed by atoms with E-state index in [-0.39, 0.29) is 11.7 Å². The number of hydrogen-bond donors (Lipinski definition) is 0. The minimum absolute atomic E-state index is 0.0437. The number of nitrogens with zero attached hydrogens (tertiary/aromatic N) is 2. The fourth-order valence-corrected chi connectivity index (χ4v) is 1.72. The molecule has 1 fully saturated rings. The number of Topliss-reactive ketones (excluding diaryl/α,β-unsaturated/α-hetero) is 1. The molecule has 16 heavy (non-hydrogen) atoms. The van der Waals surface area contributed by atoms with Gasteiger partial charge in [-0.25, -0.2) is 0 Å². The van der Waals surface area contributed by atoms with Crippen LogP contribution >= 0.6 is 0 Å². The summed E-state index contributed by atoms with van der Waals surface area (Å²) in [5.41, 5.74) is 0. The molecular formula is C11H16N2O3. The minimum Gasteiger partial charge on any atom is -0.381 e. The normalized spacial score (nSPS) is 19.6. The lowest BCUT2D eigenvalue weighted by atomic mass is 10.00. The molecular weight excluding hydrogens is 208 g/mol. The van der Waals surface area contributed by atoms with Gasteiger partial charge in [0, 0.05) is 19.1 Å².